The quantitative estimate of drug-likeness (QED) is 0.0969. The molecular weight excluding hydrogens is 411 g/mol. The lowest BCUT2D eigenvalue weighted by Gasteiger charge is -2.32. The van der Waals surface area contributed by atoms with Crippen LogP contribution >= 0.6 is 7.60 Å². The Hall–Kier alpha value is -0.380. The zero-order valence-electron chi connectivity index (χ0n) is 20.7. The van der Waals surface area contributed by atoms with E-state index >= 15 is 0 Å². The maximum absolute atomic E-state index is 12.7. The summed E-state index contributed by atoms with van der Waals surface area (Å²) in [4.78, 5) is 33.0. The van der Waals surface area contributed by atoms with Crippen LogP contribution in [0.5, 0.6) is 0 Å². The number of unbranched alkanes of at least 4 members (excludes halogenated alkanes) is 15. The fourth-order valence-corrected chi connectivity index (χ4v) is 5.49. The lowest BCUT2D eigenvalue weighted by Crippen LogP contribution is -2.40. The molecule has 0 fully saturated rings. The van der Waals surface area contributed by atoms with Crippen molar-refractivity contribution in [3.8, 4) is 0 Å². The van der Waals surface area contributed by atoms with Gasteiger partial charge in [-0.1, -0.05) is 123 Å². The van der Waals surface area contributed by atoms with E-state index < -0.39 is 18.7 Å². The summed E-state index contributed by atoms with van der Waals surface area (Å²) in [6.45, 7) is 6.25. The molecule has 0 bridgehead atoms. The van der Waals surface area contributed by atoms with E-state index in [9.17, 15) is 19.1 Å². The number of rotatable bonds is 22. The van der Waals surface area contributed by atoms with Crippen LogP contribution in [0.15, 0.2) is 0 Å². The van der Waals surface area contributed by atoms with Gasteiger partial charge in [-0.2, -0.15) is 0 Å². The fraction of sp³-hybridized carbons (Fsp3) is 0.960. The van der Waals surface area contributed by atoms with Gasteiger partial charge in [-0.15, -0.1) is 0 Å². The molecular formula is C25H51O5P. The second-order valence-electron chi connectivity index (χ2n) is 9.10. The zero-order chi connectivity index (χ0) is 23.4. The van der Waals surface area contributed by atoms with Crippen LogP contribution in [0.3, 0.4) is 0 Å². The van der Waals surface area contributed by atoms with Crippen molar-refractivity contribution in [3.63, 3.8) is 0 Å². The molecule has 0 rings (SSSR count). The lowest BCUT2D eigenvalue weighted by molar-refractivity contribution is -0.147. The van der Waals surface area contributed by atoms with Gasteiger partial charge in [0.15, 0.2) is 5.16 Å². The minimum atomic E-state index is -4.61. The summed E-state index contributed by atoms with van der Waals surface area (Å²) in [6, 6.07) is 0. The average molecular weight is 463 g/mol. The third-order valence-electron chi connectivity index (χ3n) is 6.35. The van der Waals surface area contributed by atoms with Gasteiger partial charge in [0, 0.05) is 0 Å². The summed E-state index contributed by atoms with van der Waals surface area (Å²) in [7, 11) is -4.61. The number of esters is 1. The van der Waals surface area contributed by atoms with Crippen LogP contribution < -0.4 is 0 Å². The van der Waals surface area contributed by atoms with Crippen LogP contribution in [0.2, 0.25) is 0 Å². The molecule has 0 saturated heterocycles. The van der Waals surface area contributed by atoms with Crippen LogP contribution in [0.1, 0.15) is 143 Å². The molecule has 5 nitrogen and oxygen atoms in total. The molecule has 1 unspecified atom stereocenters. The largest absolute Gasteiger partial charge is 0.465 e. The van der Waals surface area contributed by atoms with Crippen LogP contribution in [0.4, 0.5) is 0 Å². The minimum absolute atomic E-state index is 0.149. The van der Waals surface area contributed by atoms with Crippen LogP contribution in [0, 0.1) is 0 Å². The van der Waals surface area contributed by atoms with Crippen molar-refractivity contribution in [1.82, 2.24) is 0 Å². The Morgan fingerprint density at radius 2 is 0.968 bits per heavy atom. The SMILES string of the molecule is CCCCCCCCCCCC(CCCCCCCCCC)(C(=O)OCC)P(=O)(O)O. The van der Waals surface area contributed by atoms with E-state index in [0.29, 0.717) is 12.8 Å². The first kappa shape index (κ1) is 30.6. The Balaban J connectivity index is 4.59. The third-order valence-corrected chi connectivity index (χ3v) is 8.10. The highest BCUT2D eigenvalue weighted by atomic mass is 31.2. The van der Waals surface area contributed by atoms with Crippen LogP contribution in [-0.4, -0.2) is 27.5 Å². The standard InChI is InChI=1S/C25H51O5P/c1-4-7-9-11-13-15-17-19-21-23-25(31(27,28)29,24(26)30-6-3)22-20-18-16-14-12-10-8-5-2/h4-23H2,1-3H3,(H2,27,28,29). The summed E-state index contributed by atoms with van der Waals surface area (Å²) < 4.78 is 17.6. The Morgan fingerprint density at radius 3 is 1.26 bits per heavy atom. The Kier molecular flexibility index (Phi) is 18.9. The molecule has 0 heterocycles. The third kappa shape index (κ3) is 13.7. The molecule has 6 heteroatoms. The summed E-state index contributed by atoms with van der Waals surface area (Å²) in [5.74, 6) is -0.703. The molecule has 0 spiro atoms. The highest BCUT2D eigenvalue weighted by molar-refractivity contribution is 7.54. The molecule has 0 amide bonds. The second kappa shape index (κ2) is 19.1. The monoisotopic (exact) mass is 462 g/mol. The number of ether oxygens (including phenoxy) is 1. The number of carbonyl (C=O) groups is 1. The van der Waals surface area contributed by atoms with Crippen molar-refractivity contribution >= 4 is 13.6 Å². The number of hydrogen-bond donors (Lipinski definition) is 2. The average Bonchev–Trinajstić information content (AvgIpc) is 2.72. The van der Waals surface area contributed by atoms with E-state index in [1.54, 1.807) is 6.92 Å². The zero-order valence-corrected chi connectivity index (χ0v) is 21.6. The summed E-state index contributed by atoms with van der Waals surface area (Å²) >= 11 is 0. The van der Waals surface area contributed by atoms with Gasteiger partial charge in [0.25, 0.3) is 0 Å². The van der Waals surface area contributed by atoms with E-state index in [-0.39, 0.29) is 19.4 Å². The normalized spacial score (nSPS) is 13.8. The van der Waals surface area contributed by atoms with E-state index in [2.05, 4.69) is 13.8 Å². The van der Waals surface area contributed by atoms with Gasteiger partial charge >= 0.3 is 13.6 Å². The summed E-state index contributed by atoms with van der Waals surface area (Å²) in [6.07, 6.45) is 19.3. The molecule has 186 valence electrons. The first-order valence-electron chi connectivity index (χ1n) is 13.1. The molecule has 0 aliphatic rings. The number of hydrogen-bond acceptors (Lipinski definition) is 3. The minimum Gasteiger partial charge on any atom is -0.465 e. The molecule has 31 heavy (non-hydrogen) atoms. The summed E-state index contributed by atoms with van der Waals surface area (Å²) in [5.41, 5.74) is 0. The number of carbonyl (C=O) groups excluding carboxylic acids is 1. The van der Waals surface area contributed by atoms with Gasteiger partial charge in [-0.05, 0) is 19.8 Å². The Morgan fingerprint density at radius 1 is 0.645 bits per heavy atom. The van der Waals surface area contributed by atoms with Gasteiger partial charge in [0.1, 0.15) is 0 Å². The highest BCUT2D eigenvalue weighted by Gasteiger charge is 2.53. The van der Waals surface area contributed by atoms with E-state index in [4.69, 9.17) is 4.74 Å². The van der Waals surface area contributed by atoms with Crippen molar-refractivity contribution in [2.24, 2.45) is 0 Å². The molecule has 2 N–H and O–H groups in total. The molecule has 0 aliphatic heterocycles. The van der Waals surface area contributed by atoms with Crippen molar-refractivity contribution in [3.05, 3.63) is 0 Å². The van der Waals surface area contributed by atoms with Gasteiger partial charge < -0.3 is 14.5 Å². The van der Waals surface area contributed by atoms with Gasteiger partial charge in [-0.25, -0.2) is 0 Å². The second-order valence-corrected chi connectivity index (χ2v) is 11.0. The molecule has 0 radical (unpaired) electrons. The van der Waals surface area contributed by atoms with E-state index in [1.165, 1.54) is 57.8 Å². The molecule has 0 aliphatic carbocycles. The molecule has 1 atom stereocenters. The smallest absolute Gasteiger partial charge is 0.342 e. The molecule has 0 aromatic heterocycles. The highest BCUT2D eigenvalue weighted by Crippen LogP contribution is 2.56. The first-order valence-corrected chi connectivity index (χ1v) is 14.7. The topological polar surface area (TPSA) is 83.8 Å². The van der Waals surface area contributed by atoms with E-state index in [0.717, 1.165) is 38.5 Å². The predicted octanol–water partition coefficient (Wildman–Crippen LogP) is 7.92. The Labute approximate surface area is 192 Å². The van der Waals surface area contributed by atoms with Crippen LogP contribution in [0.25, 0.3) is 0 Å². The molecule has 0 aromatic rings. The Bertz CT molecular complexity index is 477. The maximum Gasteiger partial charge on any atom is 0.342 e. The molecule has 0 aromatic carbocycles. The molecule has 0 saturated carbocycles. The van der Waals surface area contributed by atoms with Gasteiger partial charge in [0.2, 0.25) is 0 Å². The first-order chi connectivity index (χ1) is 14.9. The van der Waals surface area contributed by atoms with E-state index in [1.807, 2.05) is 0 Å². The van der Waals surface area contributed by atoms with Crippen molar-refractivity contribution in [1.29, 1.82) is 0 Å². The van der Waals surface area contributed by atoms with Crippen molar-refractivity contribution in [2.45, 2.75) is 148 Å². The maximum atomic E-state index is 12.7. The fourth-order valence-electron chi connectivity index (χ4n) is 4.28. The predicted molar refractivity (Wildman–Crippen MR) is 130 cm³/mol. The lowest BCUT2D eigenvalue weighted by atomic mass is 9.93. The van der Waals surface area contributed by atoms with Crippen molar-refractivity contribution < 1.29 is 23.9 Å². The van der Waals surface area contributed by atoms with Crippen LogP contribution in [-0.2, 0) is 14.1 Å². The van der Waals surface area contributed by atoms with Gasteiger partial charge in [-0.3, -0.25) is 9.36 Å². The summed E-state index contributed by atoms with van der Waals surface area (Å²) in [5, 5.41) is -1.66. The van der Waals surface area contributed by atoms with Gasteiger partial charge in [0.05, 0.1) is 6.61 Å². The van der Waals surface area contributed by atoms with Crippen molar-refractivity contribution in [2.75, 3.05) is 6.61 Å².